The molecule has 0 atom stereocenters. The number of rotatable bonds is 2. The summed E-state index contributed by atoms with van der Waals surface area (Å²) in [6.45, 7) is 1.37. The van der Waals surface area contributed by atoms with Crippen molar-refractivity contribution in [3.8, 4) is 0 Å². The monoisotopic (exact) mass is 286 g/mol. The Kier molecular flexibility index (Phi) is 3.25. The van der Waals surface area contributed by atoms with Gasteiger partial charge >= 0.3 is 0 Å². The molecule has 1 aliphatic rings. The summed E-state index contributed by atoms with van der Waals surface area (Å²) in [7, 11) is 0. The van der Waals surface area contributed by atoms with Gasteiger partial charge in [-0.3, -0.25) is 9.69 Å². The third-order valence-electron chi connectivity index (χ3n) is 2.76. The molecule has 2 rings (SSSR count). The van der Waals surface area contributed by atoms with Gasteiger partial charge in [0.05, 0.1) is 6.54 Å². The highest BCUT2D eigenvalue weighted by molar-refractivity contribution is 9.10. The van der Waals surface area contributed by atoms with Crippen LogP contribution < -0.4 is 5.73 Å². The van der Waals surface area contributed by atoms with Crippen LogP contribution in [0.5, 0.6) is 0 Å². The van der Waals surface area contributed by atoms with Gasteiger partial charge in [0.2, 0.25) is 5.91 Å². The average molecular weight is 287 g/mol. The first kappa shape index (κ1) is 11.5. The molecule has 1 heterocycles. The number of nitrogens with zero attached hydrogens (tertiary/aromatic N) is 1. The summed E-state index contributed by atoms with van der Waals surface area (Å²) in [6, 6.07) is 3.16. The summed E-state index contributed by atoms with van der Waals surface area (Å²) < 4.78 is 14.5. The van der Waals surface area contributed by atoms with E-state index in [1.54, 1.807) is 6.07 Å². The number of hydrogen-bond donors (Lipinski definition) is 1. The van der Waals surface area contributed by atoms with Crippen molar-refractivity contribution in [2.75, 3.05) is 13.1 Å². The van der Waals surface area contributed by atoms with Gasteiger partial charge in [0.15, 0.2) is 0 Å². The average Bonchev–Trinajstić information content (AvgIpc) is 2.23. The molecule has 1 aromatic rings. The molecule has 0 radical (unpaired) electrons. The summed E-state index contributed by atoms with van der Waals surface area (Å²) in [4.78, 5) is 12.7. The molecule has 2 N–H and O–H groups in total. The highest BCUT2D eigenvalue weighted by Gasteiger charge is 2.21. The highest BCUT2D eigenvalue weighted by Crippen LogP contribution is 2.28. The molecular weight excluding hydrogens is 275 g/mol. The molecule has 0 fully saturated rings. The van der Waals surface area contributed by atoms with Gasteiger partial charge in [-0.15, -0.1) is 0 Å². The van der Waals surface area contributed by atoms with Gasteiger partial charge in [0, 0.05) is 23.1 Å². The second kappa shape index (κ2) is 4.51. The number of nitrogens with two attached hydrogens (primary N) is 1. The van der Waals surface area contributed by atoms with Crippen LogP contribution in [0.25, 0.3) is 0 Å². The van der Waals surface area contributed by atoms with Crippen LogP contribution in [-0.2, 0) is 17.8 Å². The molecule has 16 heavy (non-hydrogen) atoms. The molecule has 0 unspecified atom stereocenters. The largest absolute Gasteiger partial charge is 0.369 e. The van der Waals surface area contributed by atoms with Crippen LogP contribution in [0, 0.1) is 5.82 Å². The van der Waals surface area contributed by atoms with Gasteiger partial charge in [0.25, 0.3) is 0 Å². The number of carbonyl (C=O) groups excluding carboxylic acids is 1. The number of carbonyl (C=O) groups is 1. The van der Waals surface area contributed by atoms with E-state index >= 15 is 0 Å². The molecule has 0 saturated heterocycles. The van der Waals surface area contributed by atoms with E-state index < -0.39 is 0 Å². The van der Waals surface area contributed by atoms with Crippen LogP contribution in [-0.4, -0.2) is 23.9 Å². The topological polar surface area (TPSA) is 46.3 Å². The molecule has 1 aromatic carbocycles. The second-order valence-electron chi connectivity index (χ2n) is 3.91. The lowest BCUT2D eigenvalue weighted by Gasteiger charge is -2.28. The third kappa shape index (κ3) is 2.25. The Balaban J connectivity index is 2.26. The van der Waals surface area contributed by atoms with Crippen LogP contribution in [0.2, 0.25) is 0 Å². The van der Waals surface area contributed by atoms with Crippen molar-refractivity contribution in [2.45, 2.75) is 13.0 Å². The molecule has 0 bridgehead atoms. The van der Waals surface area contributed by atoms with Crippen LogP contribution in [0.4, 0.5) is 4.39 Å². The molecule has 0 saturated carbocycles. The van der Waals surface area contributed by atoms with Gasteiger partial charge in [-0.1, -0.05) is 15.9 Å². The molecule has 1 aliphatic heterocycles. The first-order valence-electron chi connectivity index (χ1n) is 5.04. The molecule has 86 valence electrons. The zero-order valence-corrected chi connectivity index (χ0v) is 10.3. The quantitative estimate of drug-likeness (QED) is 0.894. The molecule has 0 aromatic heterocycles. The van der Waals surface area contributed by atoms with Gasteiger partial charge in [-0.2, -0.15) is 0 Å². The van der Waals surface area contributed by atoms with E-state index in [4.69, 9.17) is 5.73 Å². The van der Waals surface area contributed by atoms with E-state index in [1.165, 1.54) is 6.07 Å². The van der Waals surface area contributed by atoms with Crippen LogP contribution in [0.1, 0.15) is 11.1 Å². The zero-order valence-electron chi connectivity index (χ0n) is 8.67. The number of amides is 1. The Morgan fingerprint density at radius 2 is 2.25 bits per heavy atom. The molecule has 0 spiro atoms. The maximum absolute atomic E-state index is 13.6. The first-order valence-corrected chi connectivity index (χ1v) is 5.83. The third-order valence-corrected chi connectivity index (χ3v) is 3.50. The van der Waals surface area contributed by atoms with E-state index in [-0.39, 0.29) is 18.3 Å². The van der Waals surface area contributed by atoms with Crippen molar-refractivity contribution < 1.29 is 9.18 Å². The van der Waals surface area contributed by atoms with Gasteiger partial charge < -0.3 is 5.73 Å². The van der Waals surface area contributed by atoms with Crippen molar-refractivity contribution in [2.24, 2.45) is 5.73 Å². The molecule has 3 nitrogen and oxygen atoms in total. The van der Waals surface area contributed by atoms with Crippen molar-refractivity contribution in [1.29, 1.82) is 0 Å². The summed E-state index contributed by atoms with van der Waals surface area (Å²) in [5, 5.41) is 0. The Morgan fingerprint density at radius 1 is 1.50 bits per heavy atom. The van der Waals surface area contributed by atoms with Crippen LogP contribution >= 0.6 is 15.9 Å². The van der Waals surface area contributed by atoms with Crippen LogP contribution in [0.15, 0.2) is 16.6 Å². The van der Waals surface area contributed by atoms with E-state index in [2.05, 4.69) is 15.9 Å². The molecule has 0 aliphatic carbocycles. The van der Waals surface area contributed by atoms with Crippen molar-refractivity contribution in [3.63, 3.8) is 0 Å². The summed E-state index contributed by atoms with van der Waals surface area (Å²) >= 11 is 3.41. The number of primary amides is 1. The Hall–Kier alpha value is -0.940. The maximum atomic E-state index is 13.6. The minimum absolute atomic E-state index is 0.186. The predicted octanol–water partition coefficient (Wildman–Crippen LogP) is 1.43. The van der Waals surface area contributed by atoms with E-state index in [1.807, 2.05) is 4.90 Å². The van der Waals surface area contributed by atoms with Gasteiger partial charge in [0.1, 0.15) is 5.82 Å². The van der Waals surface area contributed by atoms with Crippen molar-refractivity contribution in [3.05, 3.63) is 33.5 Å². The fourth-order valence-corrected chi connectivity index (χ4v) is 2.57. The molecular formula is C11H12BrFN2O. The Morgan fingerprint density at radius 3 is 2.94 bits per heavy atom. The second-order valence-corrected chi connectivity index (χ2v) is 4.77. The van der Waals surface area contributed by atoms with Crippen LogP contribution in [0.3, 0.4) is 0 Å². The lowest BCUT2D eigenvalue weighted by atomic mass is 9.99. The number of halogens is 2. The van der Waals surface area contributed by atoms with Crippen molar-refractivity contribution in [1.82, 2.24) is 4.90 Å². The minimum atomic E-state index is -0.376. The van der Waals surface area contributed by atoms with E-state index in [9.17, 15) is 9.18 Å². The molecule has 5 heteroatoms. The lowest BCUT2D eigenvalue weighted by molar-refractivity contribution is -0.119. The molecule has 1 amide bonds. The highest BCUT2D eigenvalue weighted by atomic mass is 79.9. The number of fused-ring (bicyclic) bond motifs is 1. The Labute approximate surface area is 102 Å². The first-order chi connectivity index (χ1) is 7.58. The number of benzene rings is 1. The predicted molar refractivity (Wildman–Crippen MR) is 62.3 cm³/mol. The van der Waals surface area contributed by atoms with Gasteiger partial charge in [-0.05, 0) is 24.1 Å². The van der Waals surface area contributed by atoms with Gasteiger partial charge in [-0.25, -0.2) is 4.39 Å². The summed E-state index contributed by atoms with van der Waals surface area (Å²) in [6.07, 6.45) is 0.737. The standard InChI is InChI=1S/C11H12BrFN2O/c12-9-1-2-10(13)8-5-15(6-11(14)16)4-3-7(8)9/h1-2H,3-6H2,(H2,14,16). The SMILES string of the molecule is NC(=O)CN1CCc2c(Br)ccc(F)c2C1. The normalized spacial score (nSPS) is 15.9. The smallest absolute Gasteiger partial charge is 0.231 e. The minimum Gasteiger partial charge on any atom is -0.369 e. The zero-order chi connectivity index (χ0) is 11.7. The fraction of sp³-hybridized carbons (Fsp3) is 0.364. The lowest BCUT2D eigenvalue weighted by Crippen LogP contribution is -2.38. The summed E-state index contributed by atoms with van der Waals surface area (Å²) in [5.41, 5.74) is 6.80. The maximum Gasteiger partial charge on any atom is 0.231 e. The summed E-state index contributed by atoms with van der Waals surface area (Å²) in [5.74, 6) is -0.591. The van der Waals surface area contributed by atoms with E-state index in [0.717, 1.165) is 23.0 Å². The number of hydrogen-bond acceptors (Lipinski definition) is 2. The Bertz CT molecular complexity index is 436. The van der Waals surface area contributed by atoms with E-state index in [0.29, 0.717) is 12.1 Å². The fourth-order valence-electron chi connectivity index (χ4n) is 2.00. The van der Waals surface area contributed by atoms with Crippen molar-refractivity contribution >= 4 is 21.8 Å².